The molecule has 1 aliphatic heterocycles. The molecule has 1 aromatic rings. The number of hydrogen-bond acceptors (Lipinski definition) is 4. The summed E-state index contributed by atoms with van der Waals surface area (Å²) in [5.74, 6) is 0.627. The molecule has 20 heavy (non-hydrogen) atoms. The zero-order valence-corrected chi connectivity index (χ0v) is 12.4. The van der Waals surface area contributed by atoms with Crippen LogP contribution in [0.5, 0.6) is 0 Å². The summed E-state index contributed by atoms with van der Waals surface area (Å²) in [5, 5.41) is 4.35. The SMILES string of the molecule is COC1CCCC(N2CCC(n3ccc(N)n3)CC2)C1. The Bertz CT molecular complexity index is 425. The number of ether oxygens (including phenoxy) is 1. The Hall–Kier alpha value is -1.07. The molecule has 1 aliphatic carbocycles. The molecule has 1 saturated carbocycles. The molecule has 112 valence electrons. The minimum atomic E-state index is 0.470. The quantitative estimate of drug-likeness (QED) is 0.919. The van der Waals surface area contributed by atoms with E-state index in [-0.39, 0.29) is 0 Å². The molecule has 0 amide bonds. The highest BCUT2D eigenvalue weighted by molar-refractivity contribution is 5.24. The molecule has 0 aromatic carbocycles. The molecular formula is C15H26N4O. The van der Waals surface area contributed by atoms with Crippen LogP contribution in [0.25, 0.3) is 0 Å². The van der Waals surface area contributed by atoms with Crippen molar-refractivity contribution in [2.24, 2.45) is 0 Å². The number of likely N-dealkylation sites (tertiary alicyclic amines) is 1. The largest absolute Gasteiger partial charge is 0.382 e. The molecule has 2 atom stereocenters. The van der Waals surface area contributed by atoms with Gasteiger partial charge in [0.25, 0.3) is 0 Å². The van der Waals surface area contributed by atoms with E-state index in [1.807, 2.05) is 24.1 Å². The lowest BCUT2D eigenvalue weighted by Gasteiger charge is -2.41. The van der Waals surface area contributed by atoms with E-state index in [9.17, 15) is 0 Å². The highest BCUT2D eigenvalue weighted by Crippen LogP contribution is 2.30. The van der Waals surface area contributed by atoms with Gasteiger partial charge in [-0.25, -0.2) is 0 Å². The highest BCUT2D eigenvalue weighted by Gasteiger charge is 2.30. The van der Waals surface area contributed by atoms with E-state index in [4.69, 9.17) is 10.5 Å². The van der Waals surface area contributed by atoms with Crippen molar-refractivity contribution in [3.05, 3.63) is 12.3 Å². The van der Waals surface area contributed by atoms with Crippen LogP contribution in [0.4, 0.5) is 5.82 Å². The summed E-state index contributed by atoms with van der Waals surface area (Å²) in [7, 11) is 1.85. The summed E-state index contributed by atoms with van der Waals surface area (Å²) in [4.78, 5) is 2.66. The predicted molar refractivity (Wildman–Crippen MR) is 79.5 cm³/mol. The first-order chi connectivity index (χ1) is 9.76. The van der Waals surface area contributed by atoms with Gasteiger partial charge in [0.1, 0.15) is 5.82 Å². The average Bonchev–Trinajstić information content (AvgIpc) is 2.94. The maximum atomic E-state index is 5.70. The molecule has 0 spiro atoms. The second-order valence-electron chi connectivity index (χ2n) is 6.17. The van der Waals surface area contributed by atoms with E-state index in [0.717, 1.165) is 6.04 Å². The zero-order valence-electron chi connectivity index (χ0n) is 12.4. The van der Waals surface area contributed by atoms with Gasteiger partial charge in [-0.2, -0.15) is 5.10 Å². The van der Waals surface area contributed by atoms with Crippen molar-refractivity contribution < 1.29 is 4.74 Å². The van der Waals surface area contributed by atoms with Crippen molar-refractivity contribution in [3.63, 3.8) is 0 Å². The zero-order chi connectivity index (χ0) is 13.9. The van der Waals surface area contributed by atoms with E-state index >= 15 is 0 Å². The lowest BCUT2D eigenvalue weighted by molar-refractivity contribution is 0.0178. The van der Waals surface area contributed by atoms with Crippen molar-refractivity contribution in [1.82, 2.24) is 14.7 Å². The van der Waals surface area contributed by atoms with Crippen LogP contribution < -0.4 is 5.73 Å². The summed E-state index contributed by atoms with van der Waals surface area (Å²) in [6, 6.07) is 3.12. The molecule has 5 nitrogen and oxygen atoms in total. The van der Waals surface area contributed by atoms with Gasteiger partial charge < -0.3 is 15.4 Å². The number of hydrogen-bond donors (Lipinski definition) is 1. The van der Waals surface area contributed by atoms with Crippen LogP contribution >= 0.6 is 0 Å². The molecule has 0 radical (unpaired) electrons. The van der Waals surface area contributed by atoms with Crippen LogP contribution in [0.15, 0.2) is 12.3 Å². The van der Waals surface area contributed by atoms with Crippen LogP contribution in [-0.2, 0) is 4.74 Å². The second-order valence-corrected chi connectivity index (χ2v) is 6.17. The Labute approximate surface area is 121 Å². The maximum absolute atomic E-state index is 5.70. The van der Waals surface area contributed by atoms with Crippen molar-refractivity contribution in [2.75, 3.05) is 25.9 Å². The number of aromatic nitrogens is 2. The van der Waals surface area contributed by atoms with Crippen LogP contribution in [0, 0.1) is 0 Å². The van der Waals surface area contributed by atoms with E-state index in [1.165, 1.54) is 51.6 Å². The first-order valence-corrected chi connectivity index (χ1v) is 7.83. The van der Waals surface area contributed by atoms with Crippen LogP contribution in [0.2, 0.25) is 0 Å². The van der Waals surface area contributed by atoms with E-state index in [0.29, 0.717) is 18.0 Å². The van der Waals surface area contributed by atoms with Gasteiger partial charge in [-0.05, 0) is 44.6 Å². The van der Waals surface area contributed by atoms with Gasteiger partial charge in [-0.15, -0.1) is 0 Å². The Morgan fingerprint density at radius 3 is 2.65 bits per heavy atom. The minimum Gasteiger partial charge on any atom is -0.382 e. The molecule has 3 rings (SSSR count). The Kier molecular flexibility index (Phi) is 4.27. The molecule has 2 unspecified atom stereocenters. The second kappa shape index (κ2) is 6.14. The van der Waals surface area contributed by atoms with Crippen molar-refractivity contribution in [2.45, 2.75) is 56.7 Å². The third-order valence-corrected chi connectivity index (χ3v) is 4.95. The molecule has 2 aliphatic rings. The fourth-order valence-corrected chi connectivity index (χ4v) is 3.74. The predicted octanol–water partition coefficient (Wildman–Crippen LogP) is 2.06. The van der Waals surface area contributed by atoms with Gasteiger partial charge in [0.2, 0.25) is 0 Å². The third-order valence-electron chi connectivity index (χ3n) is 4.95. The first kappa shape index (κ1) is 13.9. The normalized spacial score (nSPS) is 29.6. The van der Waals surface area contributed by atoms with Crippen LogP contribution in [-0.4, -0.2) is 47.0 Å². The third kappa shape index (κ3) is 2.99. The standard InChI is InChI=1S/C15H26N4O/c1-20-14-4-2-3-13(11-14)18-8-5-12(6-9-18)19-10-7-15(16)17-19/h7,10,12-14H,2-6,8-9,11H2,1H3,(H2,16,17). The lowest BCUT2D eigenvalue weighted by atomic mass is 9.90. The average molecular weight is 278 g/mol. The van der Waals surface area contributed by atoms with Gasteiger partial charge in [0.05, 0.1) is 12.1 Å². The first-order valence-electron chi connectivity index (χ1n) is 7.83. The minimum absolute atomic E-state index is 0.470. The van der Waals surface area contributed by atoms with Gasteiger partial charge in [0, 0.05) is 32.4 Å². The Morgan fingerprint density at radius 2 is 2.00 bits per heavy atom. The van der Waals surface area contributed by atoms with Crippen molar-refractivity contribution >= 4 is 5.82 Å². The molecule has 5 heteroatoms. The van der Waals surface area contributed by atoms with E-state index in [1.54, 1.807) is 0 Å². The lowest BCUT2D eigenvalue weighted by Crippen LogP contribution is -2.45. The van der Waals surface area contributed by atoms with E-state index < -0.39 is 0 Å². The number of nitrogen functional groups attached to an aromatic ring is 1. The van der Waals surface area contributed by atoms with Gasteiger partial charge in [0.15, 0.2) is 0 Å². The Balaban J connectivity index is 1.53. The smallest absolute Gasteiger partial charge is 0.145 e. The monoisotopic (exact) mass is 278 g/mol. The van der Waals surface area contributed by atoms with Crippen LogP contribution in [0.1, 0.15) is 44.6 Å². The number of methoxy groups -OCH3 is 1. The number of nitrogens with two attached hydrogens (primary N) is 1. The Morgan fingerprint density at radius 1 is 1.20 bits per heavy atom. The molecule has 2 N–H and O–H groups in total. The summed E-state index contributed by atoms with van der Waals surface area (Å²) in [5.41, 5.74) is 5.70. The molecule has 1 aromatic heterocycles. The maximum Gasteiger partial charge on any atom is 0.145 e. The number of piperidine rings is 1. The van der Waals surface area contributed by atoms with Gasteiger partial charge in [-0.3, -0.25) is 4.68 Å². The number of anilines is 1. The molecule has 1 saturated heterocycles. The fourth-order valence-electron chi connectivity index (χ4n) is 3.74. The van der Waals surface area contributed by atoms with Gasteiger partial charge in [-0.1, -0.05) is 0 Å². The van der Waals surface area contributed by atoms with Crippen molar-refractivity contribution in [3.8, 4) is 0 Å². The molecule has 2 fully saturated rings. The highest BCUT2D eigenvalue weighted by atomic mass is 16.5. The number of nitrogens with zero attached hydrogens (tertiary/aromatic N) is 3. The van der Waals surface area contributed by atoms with Crippen molar-refractivity contribution in [1.29, 1.82) is 0 Å². The topological polar surface area (TPSA) is 56.3 Å². The summed E-state index contributed by atoms with van der Waals surface area (Å²) >= 11 is 0. The van der Waals surface area contributed by atoms with Crippen LogP contribution in [0.3, 0.4) is 0 Å². The summed E-state index contributed by atoms with van der Waals surface area (Å²) < 4.78 is 7.60. The molecular weight excluding hydrogens is 252 g/mol. The summed E-state index contributed by atoms with van der Waals surface area (Å²) in [6.07, 6.45) is 9.91. The van der Waals surface area contributed by atoms with Gasteiger partial charge >= 0.3 is 0 Å². The summed E-state index contributed by atoms with van der Waals surface area (Å²) in [6.45, 7) is 2.34. The molecule has 2 heterocycles. The number of rotatable bonds is 3. The molecule has 0 bridgehead atoms. The van der Waals surface area contributed by atoms with E-state index in [2.05, 4.69) is 10.00 Å². The fraction of sp³-hybridized carbons (Fsp3) is 0.800.